The molecule has 8 nitrogen and oxygen atoms in total. The quantitative estimate of drug-likeness (QED) is 0.379. The molecular formula is C26H31N3O5S. The van der Waals surface area contributed by atoms with E-state index in [0.29, 0.717) is 30.4 Å². The van der Waals surface area contributed by atoms with E-state index >= 15 is 0 Å². The SMILES string of the molecule is COCCn1c(-c2ccc(SC(C)(C)C(=O)O)cc2)nc(C(=O)Nc2ccc(OC)cc2C)c1C. The molecule has 1 aromatic heterocycles. The van der Waals surface area contributed by atoms with E-state index in [4.69, 9.17) is 14.5 Å². The fourth-order valence-electron chi connectivity index (χ4n) is 3.52. The van der Waals surface area contributed by atoms with Gasteiger partial charge in [-0.3, -0.25) is 9.59 Å². The van der Waals surface area contributed by atoms with Crippen molar-refractivity contribution in [1.82, 2.24) is 9.55 Å². The number of methoxy groups -OCH3 is 2. The molecule has 0 aliphatic carbocycles. The van der Waals surface area contributed by atoms with Gasteiger partial charge in [0.05, 0.1) is 13.7 Å². The highest BCUT2D eigenvalue weighted by atomic mass is 32.2. The minimum Gasteiger partial charge on any atom is -0.497 e. The van der Waals surface area contributed by atoms with Crippen LogP contribution < -0.4 is 10.1 Å². The molecule has 3 rings (SSSR count). The Kier molecular flexibility index (Phi) is 8.24. The van der Waals surface area contributed by atoms with Gasteiger partial charge in [-0.2, -0.15) is 0 Å². The summed E-state index contributed by atoms with van der Waals surface area (Å²) in [5.41, 5.74) is 3.45. The van der Waals surface area contributed by atoms with E-state index in [2.05, 4.69) is 5.32 Å². The lowest BCUT2D eigenvalue weighted by Gasteiger charge is -2.18. The van der Waals surface area contributed by atoms with Crippen LogP contribution >= 0.6 is 11.8 Å². The minimum absolute atomic E-state index is 0.302. The third-order valence-corrected chi connectivity index (χ3v) is 6.83. The molecule has 1 heterocycles. The van der Waals surface area contributed by atoms with Crippen LogP contribution in [0, 0.1) is 13.8 Å². The van der Waals surface area contributed by atoms with Crippen LogP contribution in [0.4, 0.5) is 5.69 Å². The van der Waals surface area contributed by atoms with Crippen LogP contribution in [0.3, 0.4) is 0 Å². The lowest BCUT2D eigenvalue weighted by molar-refractivity contribution is -0.138. The number of nitrogens with one attached hydrogen (secondary N) is 1. The summed E-state index contributed by atoms with van der Waals surface area (Å²) < 4.78 is 11.5. The second kappa shape index (κ2) is 11.0. The predicted molar refractivity (Wildman–Crippen MR) is 138 cm³/mol. The van der Waals surface area contributed by atoms with E-state index in [0.717, 1.165) is 27.5 Å². The summed E-state index contributed by atoms with van der Waals surface area (Å²) in [6, 6.07) is 13.0. The number of nitrogens with zero attached hydrogens (tertiary/aromatic N) is 2. The maximum absolute atomic E-state index is 13.2. The monoisotopic (exact) mass is 497 g/mol. The number of carboxylic acid groups (broad SMARTS) is 1. The Balaban J connectivity index is 1.92. The molecule has 0 radical (unpaired) electrons. The van der Waals surface area contributed by atoms with Crippen molar-refractivity contribution >= 4 is 29.3 Å². The minimum atomic E-state index is -0.945. The van der Waals surface area contributed by atoms with Crippen LogP contribution in [-0.2, 0) is 16.1 Å². The maximum atomic E-state index is 13.2. The maximum Gasteiger partial charge on any atom is 0.319 e. The number of hydrogen-bond donors (Lipinski definition) is 2. The molecular weight excluding hydrogens is 466 g/mol. The van der Waals surface area contributed by atoms with Crippen molar-refractivity contribution in [1.29, 1.82) is 0 Å². The van der Waals surface area contributed by atoms with Crippen molar-refractivity contribution in [2.75, 3.05) is 26.1 Å². The van der Waals surface area contributed by atoms with Gasteiger partial charge >= 0.3 is 5.97 Å². The van der Waals surface area contributed by atoms with Crippen molar-refractivity contribution in [3.8, 4) is 17.1 Å². The van der Waals surface area contributed by atoms with E-state index in [9.17, 15) is 14.7 Å². The molecule has 0 aliphatic heterocycles. The summed E-state index contributed by atoms with van der Waals surface area (Å²) in [4.78, 5) is 30.2. The smallest absolute Gasteiger partial charge is 0.319 e. The van der Waals surface area contributed by atoms with Gasteiger partial charge in [-0.1, -0.05) is 12.1 Å². The van der Waals surface area contributed by atoms with Crippen LogP contribution in [-0.4, -0.2) is 52.1 Å². The number of aromatic nitrogens is 2. The van der Waals surface area contributed by atoms with Gasteiger partial charge in [0.1, 0.15) is 22.0 Å². The van der Waals surface area contributed by atoms with Gasteiger partial charge in [0.2, 0.25) is 0 Å². The third kappa shape index (κ3) is 6.04. The molecule has 35 heavy (non-hydrogen) atoms. The van der Waals surface area contributed by atoms with Gasteiger partial charge in [-0.05, 0) is 63.6 Å². The number of ether oxygens (including phenoxy) is 2. The number of imidazole rings is 1. The first-order valence-corrected chi connectivity index (χ1v) is 11.9. The Morgan fingerprint density at radius 2 is 1.80 bits per heavy atom. The number of benzene rings is 2. The van der Waals surface area contributed by atoms with Crippen molar-refractivity contribution in [3.05, 3.63) is 59.4 Å². The van der Waals surface area contributed by atoms with Crippen LogP contribution in [0.5, 0.6) is 5.75 Å². The molecule has 0 saturated heterocycles. The van der Waals surface area contributed by atoms with Gasteiger partial charge in [-0.15, -0.1) is 11.8 Å². The normalized spacial score (nSPS) is 11.4. The summed E-state index contributed by atoms with van der Waals surface area (Å²) in [7, 11) is 3.23. The first-order chi connectivity index (χ1) is 16.6. The highest BCUT2D eigenvalue weighted by Gasteiger charge is 2.28. The average molecular weight is 498 g/mol. The molecule has 1 amide bonds. The molecule has 0 aliphatic rings. The zero-order chi connectivity index (χ0) is 25.8. The number of anilines is 1. The van der Waals surface area contributed by atoms with Crippen LogP contribution in [0.15, 0.2) is 47.4 Å². The molecule has 0 fully saturated rings. The highest BCUT2D eigenvalue weighted by Crippen LogP contribution is 2.34. The predicted octanol–water partition coefficient (Wildman–Crippen LogP) is 5.03. The van der Waals surface area contributed by atoms with E-state index in [1.165, 1.54) is 11.8 Å². The average Bonchev–Trinajstić information content (AvgIpc) is 3.15. The Morgan fingerprint density at radius 1 is 1.11 bits per heavy atom. The van der Waals surface area contributed by atoms with Crippen LogP contribution in [0.1, 0.15) is 35.6 Å². The molecule has 0 bridgehead atoms. The van der Waals surface area contributed by atoms with E-state index in [-0.39, 0.29) is 5.91 Å². The zero-order valence-electron chi connectivity index (χ0n) is 20.8. The number of hydrogen-bond acceptors (Lipinski definition) is 6. The third-order valence-electron chi connectivity index (χ3n) is 5.64. The lowest BCUT2D eigenvalue weighted by atomic mass is 10.2. The van der Waals surface area contributed by atoms with Gasteiger partial charge in [0, 0.05) is 35.5 Å². The topological polar surface area (TPSA) is 103 Å². The van der Waals surface area contributed by atoms with E-state index in [1.54, 1.807) is 40.2 Å². The summed E-state index contributed by atoms with van der Waals surface area (Å²) in [5, 5.41) is 12.3. The zero-order valence-corrected chi connectivity index (χ0v) is 21.7. The summed E-state index contributed by atoms with van der Waals surface area (Å²) in [6.07, 6.45) is 0. The van der Waals surface area contributed by atoms with Crippen molar-refractivity contribution in [2.24, 2.45) is 0 Å². The molecule has 2 N–H and O–H groups in total. The molecule has 2 aromatic carbocycles. The highest BCUT2D eigenvalue weighted by molar-refractivity contribution is 8.01. The second-order valence-corrected chi connectivity index (χ2v) is 10.3. The fourth-order valence-corrected chi connectivity index (χ4v) is 4.47. The Bertz CT molecular complexity index is 1220. The summed E-state index contributed by atoms with van der Waals surface area (Å²) in [6.45, 7) is 8.10. The molecule has 3 aromatic rings. The van der Waals surface area contributed by atoms with Gasteiger partial charge in [-0.25, -0.2) is 4.98 Å². The Hall–Kier alpha value is -3.30. The number of carbonyl (C=O) groups is 2. The number of aliphatic carboxylic acids is 1. The molecule has 0 saturated carbocycles. The number of amides is 1. The Labute approximate surface area is 209 Å². The largest absolute Gasteiger partial charge is 0.497 e. The van der Waals surface area contributed by atoms with Crippen LogP contribution in [0.25, 0.3) is 11.4 Å². The number of aryl methyl sites for hydroxylation is 1. The van der Waals surface area contributed by atoms with Gasteiger partial charge in [0.25, 0.3) is 5.91 Å². The molecule has 186 valence electrons. The number of carbonyl (C=O) groups excluding carboxylic acids is 1. The molecule has 0 unspecified atom stereocenters. The molecule has 0 atom stereocenters. The standard InChI is InChI=1S/C26H31N3O5S/c1-16-15-19(34-6)9-12-21(16)27-24(30)22-17(2)29(13-14-33-5)23(28-22)18-7-10-20(11-8-18)35-26(3,4)25(31)32/h7-12,15H,13-14H2,1-6H3,(H,27,30)(H,31,32). The first-order valence-electron chi connectivity index (χ1n) is 11.1. The molecule has 9 heteroatoms. The van der Waals surface area contributed by atoms with E-state index in [1.807, 2.05) is 48.7 Å². The van der Waals surface area contributed by atoms with Crippen molar-refractivity contribution in [3.63, 3.8) is 0 Å². The summed E-state index contributed by atoms with van der Waals surface area (Å²) >= 11 is 1.27. The first kappa shape index (κ1) is 26.3. The van der Waals surface area contributed by atoms with E-state index < -0.39 is 10.7 Å². The van der Waals surface area contributed by atoms with Crippen LogP contribution in [0.2, 0.25) is 0 Å². The second-order valence-electron chi connectivity index (χ2n) is 8.59. The Morgan fingerprint density at radius 3 is 2.37 bits per heavy atom. The fraction of sp³-hybridized carbons (Fsp3) is 0.346. The lowest BCUT2D eigenvalue weighted by Crippen LogP contribution is -2.26. The van der Waals surface area contributed by atoms with Gasteiger partial charge in [0.15, 0.2) is 0 Å². The summed E-state index contributed by atoms with van der Waals surface area (Å²) in [5.74, 6) is 0.185. The van der Waals surface area contributed by atoms with Crippen molar-refractivity contribution in [2.45, 2.75) is 43.9 Å². The molecule has 0 spiro atoms. The number of rotatable bonds is 10. The van der Waals surface area contributed by atoms with Crippen molar-refractivity contribution < 1.29 is 24.2 Å². The van der Waals surface area contributed by atoms with Gasteiger partial charge < -0.3 is 24.5 Å². The number of carboxylic acids is 1. The number of thioether (sulfide) groups is 1.